The Morgan fingerprint density at radius 2 is 1.33 bits per heavy atom. The number of hydrogen-bond acceptors (Lipinski definition) is 3. The standard InChI is InChI=1S/C6H12O3/c1-3-5(7)6(8)4(2)9-3/h3-8H,1-2H3/t3-,4+,5-,6-/m0/s1. The fraction of sp³-hybridized carbons (Fsp3) is 1.00. The third-order valence-electron chi connectivity index (χ3n) is 1.74. The van der Waals surface area contributed by atoms with Crippen molar-refractivity contribution in [2.75, 3.05) is 0 Å². The number of hydrogen-bond donors (Lipinski definition) is 2. The van der Waals surface area contributed by atoms with Crippen LogP contribution in [-0.2, 0) is 4.74 Å². The first-order chi connectivity index (χ1) is 4.13. The van der Waals surface area contributed by atoms with Crippen LogP contribution in [0.15, 0.2) is 0 Å². The average Bonchev–Trinajstić information content (AvgIpc) is 1.98. The first-order valence-corrected chi connectivity index (χ1v) is 3.14. The number of rotatable bonds is 0. The molecule has 3 heteroatoms. The van der Waals surface area contributed by atoms with Crippen molar-refractivity contribution in [1.82, 2.24) is 0 Å². The lowest BCUT2D eigenvalue weighted by atomic mass is 10.1. The molecule has 0 bridgehead atoms. The van der Waals surface area contributed by atoms with E-state index >= 15 is 0 Å². The number of aliphatic hydroxyl groups excluding tert-OH is 2. The second-order valence-corrected chi connectivity index (χ2v) is 2.53. The van der Waals surface area contributed by atoms with E-state index in [0.717, 1.165) is 0 Å². The third-order valence-corrected chi connectivity index (χ3v) is 1.74. The van der Waals surface area contributed by atoms with E-state index in [-0.39, 0.29) is 12.2 Å². The van der Waals surface area contributed by atoms with Gasteiger partial charge in [-0.15, -0.1) is 0 Å². The average molecular weight is 132 g/mol. The van der Waals surface area contributed by atoms with Crippen molar-refractivity contribution in [2.24, 2.45) is 0 Å². The molecular formula is C6H12O3. The van der Waals surface area contributed by atoms with E-state index in [1.807, 2.05) is 0 Å². The van der Waals surface area contributed by atoms with E-state index in [1.54, 1.807) is 13.8 Å². The van der Waals surface area contributed by atoms with Gasteiger partial charge in [0.1, 0.15) is 12.2 Å². The first kappa shape index (κ1) is 6.99. The van der Waals surface area contributed by atoms with Gasteiger partial charge in [0.25, 0.3) is 0 Å². The Bertz CT molecular complexity index is 92.5. The smallest absolute Gasteiger partial charge is 0.108 e. The van der Waals surface area contributed by atoms with E-state index in [0.29, 0.717) is 0 Å². The molecule has 0 spiro atoms. The molecule has 0 aromatic heterocycles. The predicted octanol–water partition coefficient (Wildman–Crippen LogP) is -0.485. The SMILES string of the molecule is C[C@@H]1O[C@H](C)[C@H](O)[C@H]1O. The quantitative estimate of drug-likeness (QED) is 0.468. The van der Waals surface area contributed by atoms with Crippen LogP contribution >= 0.6 is 0 Å². The zero-order valence-corrected chi connectivity index (χ0v) is 5.61. The minimum Gasteiger partial charge on any atom is -0.388 e. The van der Waals surface area contributed by atoms with Gasteiger partial charge in [0, 0.05) is 0 Å². The summed E-state index contributed by atoms with van der Waals surface area (Å²) in [6.45, 7) is 3.49. The summed E-state index contributed by atoms with van der Waals surface area (Å²) >= 11 is 0. The van der Waals surface area contributed by atoms with E-state index in [1.165, 1.54) is 0 Å². The van der Waals surface area contributed by atoms with Gasteiger partial charge in [0.15, 0.2) is 0 Å². The Morgan fingerprint density at radius 3 is 1.44 bits per heavy atom. The zero-order valence-electron chi connectivity index (χ0n) is 5.61. The van der Waals surface area contributed by atoms with E-state index in [2.05, 4.69) is 0 Å². The Balaban J connectivity index is 2.54. The van der Waals surface area contributed by atoms with E-state index in [9.17, 15) is 0 Å². The maximum Gasteiger partial charge on any atom is 0.108 e. The molecule has 1 rings (SSSR count). The lowest BCUT2D eigenvalue weighted by molar-refractivity contribution is 0.0281. The Kier molecular flexibility index (Phi) is 1.75. The molecule has 1 fully saturated rings. The lowest BCUT2D eigenvalue weighted by Gasteiger charge is -2.08. The van der Waals surface area contributed by atoms with Crippen LogP contribution < -0.4 is 0 Å². The second-order valence-electron chi connectivity index (χ2n) is 2.53. The van der Waals surface area contributed by atoms with Crippen LogP contribution in [0.2, 0.25) is 0 Å². The van der Waals surface area contributed by atoms with Crippen LogP contribution in [0, 0.1) is 0 Å². The second kappa shape index (κ2) is 2.25. The molecule has 1 aliphatic rings. The highest BCUT2D eigenvalue weighted by Crippen LogP contribution is 2.19. The van der Waals surface area contributed by atoms with Crippen molar-refractivity contribution in [1.29, 1.82) is 0 Å². The predicted molar refractivity (Wildman–Crippen MR) is 32.0 cm³/mol. The molecule has 0 radical (unpaired) electrons. The van der Waals surface area contributed by atoms with Crippen molar-refractivity contribution in [3.8, 4) is 0 Å². The summed E-state index contributed by atoms with van der Waals surface area (Å²) in [5.74, 6) is 0. The molecule has 1 aliphatic heterocycles. The zero-order chi connectivity index (χ0) is 7.02. The van der Waals surface area contributed by atoms with E-state index in [4.69, 9.17) is 14.9 Å². The molecule has 0 amide bonds. The maximum absolute atomic E-state index is 9.06. The normalized spacial score (nSPS) is 52.0. The van der Waals surface area contributed by atoms with Crippen molar-refractivity contribution < 1.29 is 14.9 Å². The Labute approximate surface area is 54.3 Å². The number of aliphatic hydroxyl groups is 2. The fourth-order valence-corrected chi connectivity index (χ4v) is 1.05. The minimum absolute atomic E-state index is 0.227. The summed E-state index contributed by atoms with van der Waals surface area (Å²) in [6, 6.07) is 0. The molecule has 0 aliphatic carbocycles. The maximum atomic E-state index is 9.06. The molecule has 54 valence electrons. The van der Waals surface area contributed by atoms with Gasteiger partial charge in [-0.3, -0.25) is 0 Å². The summed E-state index contributed by atoms with van der Waals surface area (Å²) in [5.41, 5.74) is 0. The van der Waals surface area contributed by atoms with Gasteiger partial charge in [0.2, 0.25) is 0 Å². The molecule has 1 saturated heterocycles. The molecule has 0 saturated carbocycles. The molecule has 4 atom stereocenters. The van der Waals surface area contributed by atoms with Crippen LogP contribution in [0.3, 0.4) is 0 Å². The summed E-state index contributed by atoms with van der Waals surface area (Å²) < 4.78 is 5.09. The molecule has 3 nitrogen and oxygen atoms in total. The topological polar surface area (TPSA) is 49.7 Å². The van der Waals surface area contributed by atoms with Crippen molar-refractivity contribution in [2.45, 2.75) is 38.3 Å². The van der Waals surface area contributed by atoms with Gasteiger partial charge in [-0.05, 0) is 13.8 Å². The van der Waals surface area contributed by atoms with E-state index < -0.39 is 12.2 Å². The van der Waals surface area contributed by atoms with Crippen LogP contribution in [-0.4, -0.2) is 34.6 Å². The van der Waals surface area contributed by atoms with Crippen LogP contribution in [0.25, 0.3) is 0 Å². The van der Waals surface area contributed by atoms with Crippen LogP contribution in [0.5, 0.6) is 0 Å². The van der Waals surface area contributed by atoms with Gasteiger partial charge in [-0.1, -0.05) is 0 Å². The fourth-order valence-electron chi connectivity index (χ4n) is 1.05. The summed E-state index contributed by atoms with van der Waals surface area (Å²) in [4.78, 5) is 0. The monoisotopic (exact) mass is 132 g/mol. The molecular weight excluding hydrogens is 120 g/mol. The van der Waals surface area contributed by atoms with Crippen molar-refractivity contribution >= 4 is 0 Å². The minimum atomic E-state index is -0.708. The van der Waals surface area contributed by atoms with Gasteiger partial charge in [0.05, 0.1) is 12.2 Å². The lowest BCUT2D eigenvalue weighted by Crippen LogP contribution is -2.30. The molecule has 0 aromatic rings. The molecule has 2 N–H and O–H groups in total. The Hall–Kier alpha value is -0.120. The van der Waals surface area contributed by atoms with Crippen molar-refractivity contribution in [3.05, 3.63) is 0 Å². The van der Waals surface area contributed by atoms with Gasteiger partial charge in [-0.2, -0.15) is 0 Å². The Morgan fingerprint density at radius 1 is 1.00 bits per heavy atom. The van der Waals surface area contributed by atoms with Crippen molar-refractivity contribution in [3.63, 3.8) is 0 Å². The van der Waals surface area contributed by atoms with Gasteiger partial charge in [-0.25, -0.2) is 0 Å². The van der Waals surface area contributed by atoms with Crippen LogP contribution in [0.4, 0.5) is 0 Å². The summed E-state index contributed by atoms with van der Waals surface area (Å²) in [7, 11) is 0. The highest BCUT2D eigenvalue weighted by Gasteiger charge is 2.36. The molecule has 0 aromatic carbocycles. The third kappa shape index (κ3) is 1.08. The summed E-state index contributed by atoms with van der Waals surface area (Å²) in [6.07, 6.45) is -1.87. The summed E-state index contributed by atoms with van der Waals surface area (Å²) in [5, 5.41) is 18.1. The molecule has 1 heterocycles. The highest BCUT2D eigenvalue weighted by atomic mass is 16.5. The number of ether oxygens (including phenoxy) is 1. The molecule has 9 heavy (non-hydrogen) atoms. The molecule has 0 unspecified atom stereocenters. The van der Waals surface area contributed by atoms with Gasteiger partial charge >= 0.3 is 0 Å². The first-order valence-electron chi connectivity index (χ1n) is 3.14. The van der Waals surface area contributed by atoms with Crippen LogP contribution in [0.1, 0.15) is 13.8 Å². The van der Waals surface area contributed by atoms with Gasteiger partial charge < -0.3 is 14.9 Å². The largest absolute Gasteiger partial charge is 0.388 e. The highest BCUT2D eigenvalue weighted by molar-refractivity contribution is 4.85.